The molecule has 0 bridgehead atoms. The Balaban J connectivity index is 2.54. The van der Waals surface area contributed by atoms with Crippen LogP contribution in [0.15, 0.2) is 27.5 Å². The van der Waals surface area contributed by atoms with Crippen LogP contribution >= 0.6 is 0 Å². The van der Waals surface area contributed by atoms with Gasteiger partial charge >= 0.3 is 0 Å². The average Bonchev–Trinajstić information content (AvgIpc) is 2.43. The topological polar surface area (TPSA) is 35.1 Å². The SMILES string of the molecule is CC(C)Cc1ccc2on(C)c(=O)c2c1. The van der Waals surface area contributed by atoms with Crippen molar-refractivity contribution in [2.24, 2.45) is 13.0 Å². The molecule has 0 amide bonds. The van der Waals surface area contributed by atoms with Gasteiger partial charge in [0, 0.05) is 7.05 Å². The molecule has 2 rings (SSSR count). The lowest BCUT2D eigenvalue weighted by atomic mass is 10.0. The van der Waals surface area contributed by atoms with E-state index in [-0.39, 0.29) is 5.56 Å². The quantitative estimate of drug-likeness (QED) is 0.754. The molecule has 0 saturated heterocycles. The van der Waals surface area contributed by atoms with Crippen molar-refractivity contribution in [3.8, 4) is 0 Å². The van der Waals surface area contributed by atoms with Gasteiger partial charge in [0.05, 0.1) is 5.39 Å². The molecule has 3 nitrogen and oxygen atoms in total. The van der Waals surface area contributed by atoms with E-state index in [1.54, 1.807) is 7.05 Å². The summed E-state index contributed by atoms with van der Waals surface area (Å²) in [7, 11) is 1.63. The second-order valence-electron chi connectivity index (χ2n) is 4.32. The Morgan fingerprint density at radius 1 is 1.40 bits per heavy atom. The summed E-state index contributed by atoms with van der Waals surface area (Å²) >= 11 is 0. The second kappa shape index (κ2) is 3.57. The van der Waals surface area contributed by atoms with E-state index in [1.165, 1.54) is 10.3 Å². The van der Waals surface area contributed by atoms with Gasteiger partial charge in [-0.15, -0.1) is 0 Å². The number of hydrogen-bond donors (Lipinski definition) is 0. The fourth-order valence-corrected chi connectivity index (χ4v) is 1.78. The molecule has 0 fully saturated rings. The Kier molecular flexibility index (Phi) is 2.39. The predicted molar refractivity (Wildman–Crippen MR) is 60.0 cm³/mol. The van der Waals surface area contributed by atoms with Gasteiger partial charge in [0.25, 0.3) is 5.56 Å². The Morgan fingerprint density at radius 3 is 2.80 bits per heavy atom. The van der Waals surface area contributed by atoms with Gasteiger partial charge < -0.3 is 4.52 Å². The van der Waals surface area contributed by atoms with E-state index in [1.807, 2.05) is 18.2 Å². The van der Waals surface area contributed by atoms with Crippen molar-refractivity contribution >= 4 is 11.0 Å². The Labute approximate surface area is 88.3 Å². The van der Waals surface area contributed by atoms with Crippen LogP contribution < -0.4 is 5.56 Å². The maximum atomic E-state index is 11.6. The molecule has 0 N–H and O–H groups in total. The molecular weight excluding hydrogens is 190 g/mol. The molecule has 1 aromatic heterocycles. The van der Waals surface area contributed by atoms with Crippen LogP contribution in [-0.2, 0) is 13.5 Å². The summed E-state index contributed by atoms with van der Waals surface area (Å²) in [5.41, 5.74) is 1.79. The molecule has 0 unspecified atom stereocenters. The number of nitrogens with zero attached hydrogens (tertiary/aromatic N) is 1. The highest BCUT2D eigenvalue weighted by Crippen LogP contribution is 2.15. The van der Waals surface area contributed by atoms with Crippen LogP contribution in [0.25, 0.3) is 11.0 Å². The van der Waals surface area contributed by atoms with Crippen LogP contribution in [0.4, 0.5) is 0 Å². The van der Waals surface area contributed by atoms with Crippen LogP contribution in [0, 0.1) is 5.92 Å². The summed E-state index contributed by atoms with van der Waals surface area (Å²) in [5, 5.41) is 0.677. The number of aromatic nitrogens is 1. The van der Waals surface area contributed by atoms with E-state index in [0.29, 0.717) is 16.9 Å². The van der Waals surface area contributed by atoms with Crippen LogP contribution in [0.3, 0.4) is 0 Å². The van der Waals surface area contributed by atoms with Crippen LogP contribution in [-0.4, -0.2) is 4.74 Å². The van der Waals surface area contributed by atoms with Gasteiger partial charge in [-0.1, -0.05) is 19.9 Å². The van der Waals surface area contributed by atoms with E-state index in [0.717, 1.165) is 6.42 Å². The summed E-state index contributed by atoms with van der Waals surface area (Å²) in [6.45, 7) is 4.33. The molecule has 1 aromatic carbocycles. The first-order valence-corrected chi connectivity index (χ1v) is 5.17. The fraction of sp³-hybridized carbons (Fsp3) is 0.417. The van der Waals surface area contributed by atoms with Crippen molar-refractivity contribution in [3.63, 3.8) is 0 Å². The first-order chi connectivity index (χ1) is 7.08. The molecule has 3 heteroatoms. The summed E-state index contributed by atoms with van der Waals surface area (Å²) in [6.07, 6.45) is 0.990. The molecule has 1 heterocycles. The molecule has 0 aliphatic carbocycles. The van der Waals surface area contributed by atoms with Gasteiger partial charge in [0.1, 0.15) is 0 Å². The molecule has 0 radical (unpaired) electrons. The Morgan fingerprint density at radius 2 is 2.13 bits per heavy atom. The van der Waals surface area contributed by atoms with Gasteiger partial charge in [-0.3, -0.25) is 4.79 Å². The monoisotopic (exact) mass is 205 g/mol. The van der Waals surface area contributed by atoms with Gasteiger partial charge in [0.2, 0.25) is 0 Å². The van der Waals surface area contributed by atoms with Crippen molar-refractivity contribution < 1.29 is 4.52 Å². The standard InChI is InChI=1S/C12H15NO2/c1-8(2)6-9-4-5-11-10(7-9)12(14)13(3)15-11/h4-5,7-8H,6H2,1-3H3. The number of hydrogen-bond acceptors (Lipinski definition) is 2. The third-order valence-corrected chi connectivity index (χ3v) is 2.44. The van der Waals surface area contributed by atoms with Gasteiger partial charge in [-0.25, -0.2) is 0 Å². The highest BCUT2D eigenvalue weighted by molar-refractivity contribution is 5.76. The minimum absolute atomic E-state index is 0.0596. The summed E-state index contributed by atoms with van der Waals surface area (Å²) < 4.78 is 6.53. The molecule has 0 aliphatic heterocycles. The highest BCUT2D eigenvalue weighted by atomic mass is 16.5. The lowest BCUT2D eigenvalue weighted by molar-refractivity contribution is 0.324. The van der Waals surface area contributed by atoms with Crippen molar-refractivity contribution in [3.05, 3.63) is 34.1 Å². The van der Waals surface area contributed by atoms with Crippen molar-refractivity contribution in [1.82, 2.24) is 4.74 Å². The van der Waals surface area contributed by atoms with E-state index in [9.17, 15) is 4.79 Å². The van der Waals surface area contributed by atoms with Crippen LogP contribution in [0.5, 0.6) is 0 Å². The van der Waals surface area contributed by atoms with E-state index in [2.05, 4.69) is 13.8 Å². The van der Waals surface area contributed by atoms with E-state index in [4.69, 9.17) is 4.52 Å². The number of fused-ring (bicyclic) bond motifs is 1. The third-order valence-electron chi connectivity index (χ3n) is 2.44. The van der Waals surface area contributed by atoms with Gasteiger partial charge in [-0.2, -0.15) is 4.74 Å². The zero-order valence-electron chi connectivity index (χ0n) is 9.28. The lowest BCUT2D eigenvalue weighted by Crippen LogP contribution is -2.09. The highest BCUT2D eigenvalue weighted by Gasteiger charge is 2.07. The molecule has 0 aliphatic rings. The average molecular weight is 205 g/mol. The maximum absolute atomic E-state index is 11.6. The zero-order chi connectivity index (χ0) is 11.0. The Bertz CT molecular complexity index is 534. The molecule has 0 saturated carbocycles. The number of benzene rings is 1. The normalized spacial score (nSPS) is 11.5. The van der Waals surface area contributed by atoms with E-state index < -0.39 is 0 Å². The van der Waals surface area contributed by atoms with Crippen molar-refractivity contribution in [2.45, 2.75) is 20.3 Å². The van der Waals surface area contributed by atoms with Gasteiger partial charge in [-0.05, 0) is 30.0 Å². The second-order valence-corrected chi connectivity index (χ2v) is 4.32. The minimum Gasteiger partial charge on any atom is -0.376 e. The predicted octanol–water partition coefficient (Wildman–Crippen LogP) is 2.33. The summed E-state index contributed by atoms with van der Waals surface area (Å²) in [5.74, 6) is 0.596. The fourth-order valence-electron chi connectivity index (χ4n) is 1.78. The lowest BCUT2D eigenvalue weighted by Gasteiger charge is -2.03. The number of rotatable bonds is 2. The zero-order valence-corrected chi connectivity index (χ0v) is 9.28. The molecule has 2 aromatic rings. The van der Waals surface area contributed by atoms with E-state index >= 15 is 0 Å². The first-order valence-electron chi connectivity index (χ1n) is 5.17. The summed E-state index contributed by atoms with van der Waals surface area (Å²) in [4.78, 5) is 11.6. The Hall–Kier alpha value is -1.51. The molecular formula is C12H15NO2. The molecule has 0 spiro atoms. The largest absolute Gasteiger partial charge is 0.376 e. The minimum atomic E-state index is -0.0596. The molecule has 0 atom stereocenters. The van der Waals surface area contributed by atoms with Crippen LogP contribution in [0.2, 0.25) is 0 Å². The smallest absolute Gasteiger partial charge is 0.290 e. The van der Waals surface area contributed by atoms with Gasteiger partial charge in [0.15, 0.2) is 5.58 Å². The number of aryl methyl sites for hydroxylation is 1. The molecule has 15 heavy (non-hydrogen) atoms. The first kappa shape index (κ1) is 10.0. The third kappa shape index (κ3) is 1.82. The van der Waals surface area contributed by atoms with Crippen molar-refractivity contribution in [2.75, 3.05) is 0 Å². The van der Waals surface area contributed by atoms with Crippen LogP contribution in [0.1, 0.15) is 19.4 Å². The molecule has 80 valence electrons. The van der Waals surface area contributed by atoms with Crippen molar-refractivity contribution in [1.29, 1.82) is 0 Å². The maximum Gasteiger partial charge on any atom is 0.290 e. The summed E-state index contributed by atoms with van der Waals surface area (Å²) in [6, 6.07) is 5.82.